The molecule has 0 saturated carbocycles. The highest BCUT2D eigenvalue weighted by atomic mass is 15.3. The van der Waals surface area contributed by atoms with Crippen molar-refractivity contribution in [3.8, 4) is 11.5 Å². The van der Waals surface area contributed by atoms with E-state index < -0.39 is 0 Å². The van der Waals surface area contributed by atoms with Gasteiger partial charge in [-0.05, 0) is 18.6 Å². The van der Waals surface area contributed by atoms with Crippen molar-refractivity contribution in [2.24, 2.45) is 7.05 Å². The highest BCUT2D eigenvalue weighted by Gasteiger charge is 2.20. The summed E-state index contributed by atoms with van der Waals surface area (Å²) >= 11 is 0. The number of hydrogen-bond donors (Lipinski definition) is 0. The molecule has 3 heterocycles. The number of rotatable bonds is 3. The lowest BCUT2D eigenvalue weighted by Gasteiger charge is -2.27. The standard InChI is InChI=1S/C18H21N5/c1-14-3-5-15(6-4-14)12-22-9-10-23-16(13-22)11-17(20-23)18-19-7-8-21(18)2/h3-8,11H,9-10,12-13H2,1-2H3. The van der Waals surface area contributed by atoms with E-state index in [1.54, 1.807) is 0 Å². The lowest BCUT2D eigenvalue weighted by molar-refractivity contribution is 0.205. The van der Waals surface area contributed by atoms with Gasteiger partial charge in [-0.25, -0.2) is 4.98 Å². The summed E-state index contributed by atoms with van der Waals surface area (Å²) in [7, 11) is 2.00. The summed E-state index contributed by atoms with van der Waals surface area (Å²) in [6.07, 6.45) is 3.77. The molecule has 5 heteroatoms. The van der Waals surface area contributed by atoms with E-state index >= 15 is 0 Å². The van der Waals surface area contributed by atoms with Crippen molar-refractivity contribution in [2.45, 2.75) is 26.6 Å². The third-order valence-corrected chi connectivity index (χ3v) is 4.45. The Morgan fingerprint density at radius 2 is 1.96 bits per heavy atom. The predicted octanol–water partition coefficient (Wildman–Crippen LogP) is 2.61. The second-order valence-electron chi connectivity index (χ2n) is 6.30. The number of nitrogens with zero attached hydrogens (tertiary/aromatic N) is 5. The van der Waals surface area contributed by atoms with E-state index in [2.05, 4.69) is 51.8 Å². The Labute approximate surface area is 136 Å². The van der Waals surface area contributed by atoms with Crippen molar-refractivity contribution in [1.82, 2.24) is 24.2 Å². The number of benzene rings is 1. The minimum Gasteiger partial charge on any atom is -0.333 e. The van der Waals surface area contributed by atoms with Crippen LogP contribution in [0.15, 0.2) is 42.7 Å². The molecule has 0 amide bonds. The molecule has 0 aliphatic carbocycles. The van der Waals surface area contributed by atoms with Gasteiger partial charge >= 0.3 is 0 Å². The fourth-order valence-corrected chi connectivity index (χ4v) is 3.13. The molecular weight excluding hydrogens is 286 g/mol. The van der Waals surface area contributed by atoms with Crippen LogP contribution in [0.1, 0.15) is 16.8 Å². The molecule has 1 aliphatic rings. The molecule has 0 saturated heterocycles. The van der Waals surface area contributed by atoms with Gasteiger partial charge in [0.2, 0.25) is 0 Å². The first kappa shape index (κ1) is 14.2. The molecule has 0 fully saturated rings. The van der Waals surface area contributed by atoms with Crippen molar-refractivity contribution < 1.29 is 0 Å². The first-order chi connectivity index (χ1) is 11.2. The molecule has 0 bridgehead atoms. The number of aryl methyl sites for hydroxylation is 2. The highest BCUT2D eigenvalue weighted by Crippen LogP contribution is 2.21. The van der Waals surface area contributed by atoms with Gasteiger partial charge in [0.15, 0.2) is 5.82 Å². The molecule has 2 aromatic heterocycles. The Balaban J connectivity index is 1.52. The van der Waals surface area contributed by atoms with Gasteiger partial charge in [0.25, 0.3) is 0 Å². The smallest absolute Gasteiger partial charge is 0.160 e. The topological polar surface area (TPSA) is 38.9 Å². The van der Waals surface area contributed by atoms with Gasteiger partial charge in [0, 0.05) is 39.1 Å². The van der Waals surface area contributed by atoms with Crippen LogP contribution >= 0.6 is 0 Å². The molecule has 0 N–H and O–H groups in total. The Bertz CT molecular complexity index is 812. The summed E-state index contributed by atoms with van der Waals surface area (Å²) in [5, 5.41) is 4.71. The fourth-order valence-electron chi connectivity index (χ4n) is 3.13. The average Bonchev–Trinajstić information content (AvgIpc) is 3.14. The van der Waals surface area contributed by atoms with E-state index in [1.807, 2.05) is 24.0 Å². The summed E-state index contributed by atoms with van der Waals surface area (Å²) in [6.45, 7) is 6.02. The normalized spacial score (nSPS) is 14.9. The summed E-state index contributed by atoms with van der Waals surface area (Å²) in [4.78, 5) is 6.87. The highest BCUT2D eigenvalue weighted by molar-refractivity contribution is 5.50. The van der Waals surface area contributed by atoms with Gasteiger partial charge < -0.3 is 4.57 Å². The molecule has 118 valence electrons. The molecule has 0 radical (unpaired) electrons. The molecule has 4 rings (SSSR count). The van der Waals surface area contributed by atoms with Crippen LogP contribution < -0.4 is 0 Å². The van der Waals surface area contributed by atoms with E-state index in [0.29, 0.717) is 0 Å². The van der Waals surface area contributed by atoms with Crippen LogP contribution in [-0.2, 0) is 26.7 Å². The van der Waals surface area contributed by atoms with Gasteiger partial charge in [-0.2, -0.15) is 5.10 Å². The predicted molar refractivity (Wildman–Crippen MR) is 89.7 cm³/mol. The van der Waals surface area contributed by atoms with Crippen molar-refractivity contribution in [2.75, 3.05) is 6.54 Å². The molecular formula is C18H21N5. The Hall–Kier alpha value is -2.40. The minimum atomic E-state index is 0.928. The van der Waals surface area contributed by atoms with Crippen LogP contribution in [-0.4, -0.2) is 30.8 Å². The maximum atomic E-state index is 4.71. The number of aromatic nitrogens is 4. The van der Waals surface area contributed by atoms with E-state index in [9.17, 15) is 0 Å². The van der Waals surface area contributed by atoms with Crippen molar-refractivity contribution in [3.63, 3.8) is 0 Å². The van der Waals surface area contributed by atoms with Crippen LogP contribution in [0.4, 0.5) is 0 Å². The van der Waals surface area contributed by atoms with Crippen LogP contribution in [0.3, 0.4) is 0 Å². The third kappa shape index (κ3) is 2.80. The largest absolute Gasteiger partial charge is 0.333 e. The number of imidazole rings is 1. The molecule has 5 nitrogen and oxygen atoms in total. The second kappa shape index (κ2) is 5.66. The quantitative estimate of drug-likeness (QED) is 0.746. The third-order valence-electron chi connectivity index (χ3n) is 4.45. The van der Waals surface area contributed by atoms with Crippen LogP contribution in [0.5, 0.6) is 0 Å². The summed E-state index contributed by atoms with van der Waals surface area (Å²) in [5.74, 6) is 0.928. The molecule has 0 unspecified atom stereocenters. The molecule has 3 aromatic rings. The van der Waals surface area contributed by atoms with E-state index in [0.717, 1.165) is 37.7 Å². The maximum absolute atomic E-state index is 4.71. The zero-order valence-corrected chi connectivity index (χ0v) is 13.6. The Morgan fingerprint density at radius 3 is 2.70 bits per heavy atom. The number of hydrogen-bond acceptors (Lipinski definition) is 3. The maximum Gasteiger partial charge on any atom is 0.160 e. The zero-order chi connectivity index (χ0) is 15.8. The van der Waals surface area contributed by atoms with Crippen LogP contribution in [0, 0.1) is 6.92 Å². The summed E-state index contributed by atoms with van der Waals surface area (Å²) in [5.41, 5.74) is 4.91. The minimum absolute atomic E-state index is 0.928. The molecule has 1 aromatic carbocycles. The lowest BCUT2D eigenvalue weighted by Crippen LogP contribution is -2.33. The summed E-state index contributed by atoms with van der Waals surface area (Å²) < 4.78 is 4.13. The van der Waals surface area contributed by atoms with Gasteiger partial charge in [-0.1, -0.05) is 29.8 Å². The lowest BCUT2D eigenvalue weighted by atomic mass is 10.1. The zero-order valence-electron chi connectivity index (χ0n) is 13.6. The first-order valence-corrected chi connectivity index (χ1v) is 8.01. The van der Waals surface area contributed by atoms with Gasteiger partial charge in [-0.15, -0.1) is 0 Å². The van der Waals surface area contributed by atoms with Gasteiger partial charge in [0.05, 0.1) is 12.2 Å². The second-order valence-corrected chi connectivity index (χ2v) is 6.30. The SMILES string of the molecule is Cc1ccc(CN2CCn3nc(-c4nccn4C)cc3C2)cc1. The monoisotopic (exact) mass is 307 g/mol. The Morgan fingerprint density at radius 1 is 1.13 bits per heavy atom. The van der Waals surface area contributed by atoms with Crippen molar-refractivity contribution in [3.05, 3.63) is 59.5 Å². The first-order valence-electron chi connectivity index (χ1n) is 8.01. The average molecular weight is 307 g/mol. The van der Waals surface area contributed by atoms with Crippen LogP contribution in [0.2, 0.25) is 0 Å². The fraction of sp³-hybridized carbons (Fsp3) is 0.333. The molecule has 1 aliphatic heterocycles. The van der Waals surface area contributed by atoms with Gasteiger partial charge in [0.1, 0.15) is 5.69 Å². The summed E-state index contributed by atoms with van der Waals surface area (Å²) in [6, 6.07) is 11.0. The van der Waals surface area contributed by atoms with E-state index in [4.69, 9.17) is 5.10 Å². The molecule has 0 atom stereocenters. The molecule has 23 heavy (non-hydrogen) atoms. The molecule has 0 spiro atoms. The Kier molecular flexibility index (Phi) is 3.50. The van der Waals surface area contributed by atoms with Crippen molar-refractivity contribution >= 4 is 0 Å². The van der Waals surface area contributed by atoms with E-state index in [-0.39, 0.29) is 0 Å². The van der Waals surface area contributed by atoms with Gasteiger partial charge in [-0.3, -0.25) is 9.58 Å². The number of fused-ring (bicyclic) bond motifs is 1. The van der Waals surface area contributed by atoms with Crippen LogP contribution in [0.25, 0.3) is 11.5 Å². The van der Waals surface area contributed by atoms with E-state index in [1.165, 1.54) is 16.8 Å². The van der Waals surface area contributed by atoms with Crippen molar-refractivity contribution in [1.29, 1.82) is 0 Å².